The number of carboxylic acid groups (broad SMARTS) is 2. The third-order valence-corrected chi connectivity index (χ3v) is 0.914. The Morgan fingerprint density at radius 3 is 1.17 bits per heavy atom. The van der Waals surface area contributed by atoms with Crippen molar-refractivity contribution in [3.05, 3.63) is 0 Å². The van der Waals surface area contributed by atoms with E-state index in [0.717, 1.165) is 0 Å². The lowest BCUT2D eigenvalue weighted by Gasteiger charge is -1.85. The zero-order valence-electron chi connectivity index (χ0n) is 9.34. The Balaban J connectivity index is 0. The van der Waals surface area contributed by atoms with Crippen molar-refractivity contribution in [2.45, 2.75) is 0 Å². The van der Waals surface area contributed by atoms with Gasteiger partial charge in [0.05, 0.1) is 14.2 Å². The van der Waals surface area contributed by atoms with E-state index >= 15 is 0 Å². The second kappa shape index (κ2) is 10.5. The number of carbonyl (C=O) groups is 4. The van der Waals surface area contributed by atoms with E-state index < -0.39 is 23.9 Å². The summed E-state index contributed by atoms with van der Waals surface area (Å²) in [6, 6.07) is 0. The van der Waals surface area contributed by atoms with E-state index in [2.05, 4.69) is 9.47 Å². The highest BCUT2D eigenvalue weighted by atomic mass is 16.5. The van der Waals surface area contributed by atoms with Gasteiger partial charge in [0.1, 0.15) is 0 Å². The van der Waals surface area contributed by atoms with Crippen molar-refractivity contribution in [2.75, 3.05) is 14.2 Å². The van der Waals surface area contributed by atoms with Crippen LogP contribution in [0.4, 0.5) is 0 Å². The number of aliphatic carboxylic acids is 2. The summed E-state index contributed by atoms with van der Waals surface area (Å²) in [5, 5.41) is 15.5. The van der Waals surface area contributed by atoms with Gasteiger partial charge in [-0.3, -0.25) is 0 Å². The maximum atomic E-state index is 10.2. The first-order valence-electron chi connectivity index (χ1n) is 3.99. The summed E-state index contributed by atoms with van der Waals surface area (Å²) in [5.41, 5.74) is 0. The van der Waals surface area contributed by atoms with Crippen molar-refractivity contribution < 1.29 is 38.9 Å². The molecule has 0 fully saturated rings. The Labute approximate surface area is 101 Å². The number of methoxy groups -OCH3 is 2. The van der Waals surface area contributed by atoms with Gasteiger partial charge < -0.3 is 19.7 Å². The first-order chi connectivity index (χ1) is 8.33. The minimum absolute atomic E-state index is 0.759. The van der Waals surface area contributed by atoms with Gasteiger partial charge >= 0.3 is 23.9 Å². The summed E-state index contributed by atoms with van der Waals surface area (Å²) in [5.74, 6) is 2.23. The molecule has 0 amide bonds. The molecule has 0 spiro atoms. The molecule has 0 aromatic carbocycles. The third-order valence-electron chi connectivity index (χ3n) is 0.914. The number of rotatable bonds is 0. The molecule has 0 aromatic rings. The molecule has 0 aliphatic heterocycles. The van der Waals surface area contributed by atoms with Gasteiger partial charge in [0.15, 0.2) is 0 Å². The van der Waals surface area contributed by atoms with Crippen LogP contribution in [-0.4, -0.2) is 48.3 Å². The van der Waals surface area contributed by atoms with Crippen LogP contribution in [0.3, 0.4) is 0 Å². The van der Waals surface area contributed by atoms with Crippen molar-refractivity contribution in [3.8, 4) is 23.7 Å². The zero-order valence-corrected chi connectivity index (χ0v) is 9.34. The fourth-order valence-corrected chi connectivity index (χ4v) is 0.311. The van der Waals surface area contributed by atoms with E-state index in [9.17, 15) is 19.2 Å². The van der Waals surface area contributed by atoms with Crippen molar-refractivity contribution >= 4 is 23.9 Å². The highest BCUT2D eigenvalue weighted by molar-refractivity contribution is 5.98. The highest BCUT2D eigenvalue weighted by Crippen LogP contribution is 1.70. The lowest BCUT2D eigenvalue weighted by atomic mass is 10.6. The van der Waals surface area contributed by atoms with Crippen LogP contribution >= 0.6 is 0 Å². The van der Waals surface area contributed by atoms with Gasteiger partial charge in [-0.2, -0.15) is 0 Å². The smallest absolute Gasteiger partial charge is 0.384 e. The molecule has 18 heavy (non-hydrogen) atoms. The molecule has 8 nitrogen and oxygen atoms in total. The summed E-state index contributed by atoms with van der Waals surface area (Å²) in [6.07, 6.45) is 0. The summed E-state index contributed by atoms with van der Waals surface area (Å²) in [7, 11) is 2.35. The molecule has 0 bridgehead atoms. The highest BCUT2D eigenvalue weighted by Gasteiger charge is 1.93. The molecule has 0 aliphatic rings. The number of carboxylic acids is 2. The van der Waals surface area contributed by atoms with Gasteiger partial charge in [0.25, 0.3) is 0 Å². The number of carbonyl (C=O) groups excluding carboxylic acids is 2. The van der Waals surface area contributed by atoms with E-state index in [1.54, 1.807) is 0 Å². The molecule has 96 valence electrons. The molecule has 0 saturated heterocycles. The zero-order chi connectivity index (χ0) is 14.6. The second-order valence-electron chi connectivity index (χ2n) is 2.09. The SMILES string of the molecule is COC(=O)C#CC(=O)OC.O=C(O)C#CC(=O)O. The van der Waals surface area contributed by atoms with Crippen LogP contribution in [0.5, 0.6) is 0 Å². The average molecular weight is 256 g/mol. The van der Waals surface area contributed by atoms with Crippen molar-refractivity contribution in [1.29, 1.82) is 0 Å². The summed E-state index contributed by atoms with van der Waals surface area (Å²) in [6.45, 7) is 0. The van der Waals surface area contributed by atoms with E-state index in [4.69, 9.17) is 10.2 Å². The van der Waals surface area contributed by atoms with Gasteiger partial charge in [-0.05, 0) is 0 Å². The molecule has 0 rings (SSSR count). The van der Waals surface area contributed by atoms with Crippen LogP contribution in [0, 0.1) is 23.7 Å². The summed E-state index contributed by atoms with van der Waals surface area (Å²) < 4.78 is 8.25. The molecule has 0 radical (unpaired) electrons. The second-order valence-corrected chi connectivity index (χ2v) is 2.09. The average Bonchev–Trinajstić information content (AvgIpc) is 2.33. The van der Waals surface area contributed by atoms with Crippen LogP contribution in [0.15, 0.2) is 0 Å². The standard InChI is InChI=1S/C6H6O4.C4H2O4/c1-9-5(7)3-4-6(8)10-2;5-3(6)1-2-4(7)8/h1-2H3;(H,5,6)(H,7,8). The number of ether oxygens (including phenoxy) is 2. The molecule has 0 atom stereocenters. The predicted octanol–water partition coefficient (Wildman–Crippen LogP) is -1.51. The lowest BCUT2D eigenvalue weighted by Crippen LogP contribution is -1.99. The van der Waals surface area contributed by atoms with Crippen LogP contribution in [0.1, 0.15) is 0 Å². The monoisotopic (exact) mass is 256 g/mol. The largest absolute Gasteiger partial charge is 0.472 e. The van der Waals surface area contributed by atoms with Gasteiger partial charge in [0, 0.05) is 23.7 Å². The third kappa shape index (κ3) is 15.5. The van der Waals surface area contributed by atoms with E-state index in [1.165, 1.54) is 26.1 Å². The lowest BCUT2D eigenvalue weighted by molar-refractivity contribution is -0.135. The van der Waals surface area contributed by atoms with Gasteiger partial charge in [-0.1, -0.05) is 0 Å². The Bertz CT molecular complexity index is 416. The predicted molar refractivity (Wildman–Crippen MR) is 54.9 cm³/mol. The Kier molecular flexibility index (Phi) is 10.2. The number of esters is 2. The molecule has 2 N–H and O–H groups in total. The molecule has 0 heterocycles. The summed E-state index contributed by atoms with van der Waals surface area (Å²) >= 11 is 0. The first-order valence-corrected chi connectivity index (χ1v) is 3.99. The normalized spacial score (nSPS) is 6.78. The quantitative estimate of drug-likeness (QED) is 0.304. The minimum Gasteiger partial charge on any atom is -0.472 e. The van der Waals surface area contributed by atoms with Gasteiger partial charge in [-0.25, -0.2) is 19.2 Å². The fraction of sp³-hybridized carbons (Fsp3) is 0.200. The number of hydrogen-bond acceptors (Lipinski definition) is 6. The molecule has 0 aromatic heterocycles. The van der Waals surface area contributed by atoms with E-state index in [-0.39, 0.29) is 0 Å². The molecular weight excluding hydrogens is 248 g/mol. The summed E-state index contributed by atoms with van der Waals surface area (Å²) in [4.78, 5) is 39.4. The van der Waals surface area contributed by atoms with Crippen LogP contribution in [0.25, 0.3) is 0 Å². The van der Waals surface area contributed by atoms with Crippen LogP contribution in [0.2, 0.25) is 0 Å². The maximum Gasteiger partial charge on any atom is 0.384 e. The van der Waals surface area contributed by atoms with Gasteiger partial charge in [-0.15, -0.1) is 0 Å². The number of hydrogen-bond donors (Lipinski definition) is 2. The molecule has 8 heteroatoms. The Morgan fingerprint density at radius 2 is 1.00 bits per heavy atom. The van der Waals surface area contributed by atoms with E-state index in [1.807, 2.05) is 11.8 Å². The molecule has 0 saturated carbocycles. The van der Waals surface area contributed by atoms with Crippen LogP contribution in [-0.2, 0) is 28.7 Å². The Morgan fingerprint density at radius 1 is 0.722 bits per heavy atom. The maximum absolute atomic E-state index is 10.2. The van der Waals surface area contributed by atoms with Gasteiger partial charge in [0.2, 0.25) is 0 Å². The molecular formula is C10H8O8. The van der Waals surface area contributed by atoms with E-state index in [0.29, 0.717) is 0 Å². The van der Waals surface area contributed by atoms with Crippen LogP contribution < -0.4 is 0 Å². The first kappa shape index (κ1) is 17.4. The minimum atomic E-state index is -1.44. The molecule has 0 aliphatic carbocycles. The molecule has 0 unspecified atom stereocenters. The van der Waals surface area contributed by atoms with Crippen molar-refractivity contribution in [1.82, 2.24) is 0 Å². The topological polar surface area (TPSA) is 127 Å². The van der Waals surface area contributed by atoms with Crippen molar-refractivity contribution in [3.63, 3.8) is 0 Å². The Hall–Kier alpha value is -3.00. The van der Waals surface area contributed by atoms with Crippen molar-refractivity contribution in [2.24, 2.45) is 0 Å². The fourth-order valence-electron chi connectivity index (χ4n) is 0.311.